The quantitative estimate of drug-likeness (QED) is 0.206. The van der Waals surface area contributed by atoms with E-state index in [0.717, 1.165) is 20.8 Å². The molecular weight excluding hydrogens is 514 g/mol. The number of rotatable bonds is 6. The number of nitrogens with one attached hydrogen (secondary N) is 2. The molecule has 0 aliphatic carbocycles. The summed E-state index contributed by atoms with van der Waals surface area (Å²) in [6, 6.07) is 30.2. The summed E-state index contributed by atoms with van der Waals surface area (Å²) >= 11 is 3.58. The predicted octanol–water partition coefficient (Wildman–Crippen LogP) is 6.90. The van der Waals surface area contributed by atoms with Crippen molar-refractivity contribution in [1.82, 2.24) is 10.3 Å². The van der Waals surface area contributed by atoms with Crippen molar-refractivity contribution in [2.24, 2.45) is 0 Å². The Morgan fingerprint density at radius 2 is 1.53 bits per heavy atom. The third-order valence-electron chi connectivity index (χ3n) is 6.30. The summed E-state index contributed by atoms with van der Waals surface area (Å²) in [6.45, 7) is 1.94. The maximum Gasteiger partial charge on any atom is 0.256 e. The first-order valence-electron chi connectivity index (χ1n) is 11.6. The minimum absolute atomic E-state index is 0.141. The smallest absolute Gasteiger partial charge is 0.256 e. The number of nitrogens with two attached hydrogens (primary N) is 1. The molecule has 1 unspecified atom stereocenters. The standard InChI is InChI=1S/C30H24BrN3O2/c1-18(21-16-9-13-19-10-5-6-14-22(19)21)33-30(36)26-25(23-15-7-8-17-24(23)31)27(34-29(26)32)28(35)20-11-3-2-4-12-20/h2-18,34H,32H2,1H3,(H,33,36). The summed E-state index contributed by atoms with van der Waals surface area (Å²) in [6.07, 6.45) is 0. The third kappa shape index (κ3) is 4.32. The predicted molar refractivity (Wildman–Crippen MR) is 148 cm³/mol. The van der Waals surface area contributed by atoms with Crippen molar-refractivity contribution in [1.29, 1.82) is 0 Å². The monoisotopic (exact) mass is 537 g/mol. The Morgan fingerprint density at radius 1 is 0.861 bits per heavy atom. The fourth-order valence-corrected chi connectivity index (χ4v) is 5.05. The molecule has 5 aromatic rings. The van der Waals surface area contributed by atoms with E-state index in [1.807, 2.05) is 79.7 Å². The van der Waals surface area contributed by atoms with Gasteiger partial charge in [-0.05, 0) is 34.9 Å². The van der Waals surface area contributed by atoms with Crippen LogP contribution in [0.4, 0.5) is 5.82 Å². The minimum atomic E-state index is -0.359. The van der Waals surface area contributed by atoms with Gasteiger partial charge in [-0.25, -0.2) is 0 Å². The van der Waals surface area contributed by atoms with Crippen LogP contribution in [0.3, 0.4) is 0 Å². The number of hydrogen-bond acceptors (Lipinski definition) is 3. The SMILES string of the molecule is CC(NC(=O)c1c(N)[nH]c(C(=O)c2ccccc2)c1-c1ccccc1Br)c1cccc2ccccc12. The normalized spacial score (nSPS) is 11.8. The zero-order valence-corrected chi connectivity index (χ0v) is 21.2. The molecule has 0 bridgehead atoms. The Balaban J connectivity index is 1.60. The molecule has 178 valence electrons. The van der Waals surface area contributed by atoms with Gasteiger partial charge in [-0.15, -0.1) is 0 Å². The Hall–Kier alpha value is -4.16. The van der Waals surface area contributed by atoms with Crippen LogP contribution in [0.5, 0.6) is 0 Å². The number of aromatic nitrogens is 1. The van der Waals surface area contributed by atoms with Crippen LogP contribution < -0.4 is 11.1 Å². The fraction of sp³-hybridized carbons (Fsp3) is 0.0667. The number of H-pyrrole nitrogens is 1. The summed E-state index contributed by atoms with van der Waals surface area (Å²) < 4.78 is 0.752. The average Bonchev–Trinajstić information content (AvgIpc) is 3.25. The first-order chi connectivity index (χ1) is 17.5. The minimum Gasteiger partial charge on any atom is -0.385 e. The Labute approximate surface area is 217 Å². The number of benzene rings is 4. The molecule has 4 aromatic carbocycles. The zero-order chi connectivity index (χ0) is 25.2. The molecule has 0 spiro atoms. The van der Waals surface area contributed by atoms with Gasteiger partial charge in [0.15, 0.2) is 0 Å². The lowest BCUT2D eigenvalue weighted by Crippen LogP contribution is -2.27. The summed E-state index contributed by atoms with van der Waals surface area (Å²) in [5.41, 5.74) is 9.56. The molecule has 36 heavy (non-hydrogen) atoms. The van der Waals surface area contributed by atoms with Crippen LogP contribution in [0.15, 0.2) is 102 Å². The largest absolute Gasteiger partial charge is 0.385 e. The second kappa shape index (κ2) is 9.84. The van der Waals surface area contributed by atoms with E-state index in [0.29, 0.717) is 16.7 Å². The van der Waals surface area contributed by atoms with Gasteiger partial charge in [-0.1, -0.05) is 107 Å². The van der Waals surface area contributed by atoms with Crippen molar-refractivity contribution in [3.8, 4) is 11.1 Å². The molecule has 0 aliphatic rings. The van der Waals surface area contributed by atoms with E-state index in [2.05, 4.69) is 26.2 Å². The lowest BCUT2D eigenvalue weighted by atomic mass is 9.95. The topological polar surface area (TPSA) is 88.0 Å². The molecule has 1 heterocycles. The molecule has 1 atom stereocenters. The molecule has 6 heteroatoms. The molecule has 5 nitrogen and oxygen atoms in total. The number of anilines is 1. The van der Waals surface area contributed by atoms with Crippen molar-refractivity contribution in [2.45, 2.75) is 13.0 Å². The molecular formula is C30H24BrN3O2. The molecule has 0 saturated heterocycles. The molecule has 1 aromatic heterocycles. The Morgan fingerprint density at radius 3 is 2.31 bits per heavy atom. The van der Waals surface area contributed by atoms with Crippen LogP contribution in [0.1, 0.15) is 44.9 Å². The average molecular weight is 538 g/mol. The number of amides is 1. The van der Waals surface area contributed by atoms with Crippen LogP contribution in [0.2, 0.25) is 0 Å². The van der Waals surface area contributed by atoms with Gasteiger partial charge in [0, 0.05) is 15.6 Å². The van der Waals surface area contributed by atoms with Crippen LogP contribution in [0, 0.1) is 0 Å². The number of carbonyl (C=O) groups is 2. The number of ketones is 1. The van der Waals surface area contributed by atoms with Crippen molar-refractivity contribution >= 4 is 44.2 Å². The van der Waals surface area contributed by atoms with E-state index in [4.69, 9.17) is 5.73 Å². The second-order valence-corrected chi connectivity index (χ2v) is 9.46. The molecule has 1 amide bonds. The number of nitrogen functional groups attached to an aromatic ring is 1. The van der Waals surface area contributed by atoms with E-state index in [1.54, 1.807) is 24.3 Å². The molecule has 5 rings (SSSR count). The summed E-state index contributed by atoms with van der Waals surface area (Å²) in [5, 5.41) is 5.27. The number of fused-ring (bicyclic) bond motifs is 1. The van der Waals surface area contributed by atoms with Gasteiger partial charge < -0.3 is 16.0 Å². The van der Waals surface area contributed by atoms with E-state index >= 15 is 0 Å². The van der Waals surface area contributed by atoms with Gasteiger partial charge in [0.1, 0.15) is 5.82 Å². The highest BCUT2D eigenvalue weighted by atomic mass is 79.9. The van der Waals surface area contributed by atoms with Gasteiger partial charge in [-0.2, -0.15) is 0 Å². The lowest BCUT2D eigenvalue weighted by molar-refractivity contribution is 0.0941. The fourth-order valence-electron chi connectivity index (χ4n) is 4.57. The Kier molecular flexibility index (Phi) is 6.44. The summed E-state index contributed by atoms with van der Waals surface area (Å²) in [7, 11) is 0. The molecule has 0 saturated carbocycles. The van der Waals surface area contributed by atoms with Gasteiger partial charge in [-0.3, -0.25) is 9.59 Å². The number of aromatic amines is 1. The van der Waals surface area contributed by atoms with E-state index in [-0.39, 0.29) is 34.8 Å². The highest BCUT2D eigenvalue weighted by molar-refractivity contribution is 9.10. The van der Waals surface area contributed by atoms with Crippen molar-refractivity contribution < 1.29 is 9.59 Å². The van der Waals surface area contributed by atoms with Gasteiger partial charge in [0.2, 0.25) is 5.78 Å². The summed E-state index contributed by atoms with van der Waals surface area (Å²) in [5.74, 6) is -0.459. The van der Waals surface area contributed by atoms with Crippen LogP contribution in [-0.2, 0) is 0 Å². The van der Waals surface area contributed by atoms with E-state index < -0.39 is 0 Å². The first kappa shape index (κ1) is 23.6. The molecule has 0 radical (unpaired) electrons. The second-order valence-electron chi connectivity index (χ2n) is 8.60. The van der Waals surface area contributed by atoms with Crippen LogP contribution in [0.25, 0.3) is 21.9 Å². The van der Waals surface area contributed by atoms with Crippen molar-refractivity contribution in [3.63, 3.8) is 0 Å². The van der Waals surface area contributed by atoms with Gasteiger partial charge in [0.05, 0.1) is 17.3 Å². The zero-order valence-electron chi connectivity index (χ0n) is 19.6. The van der Waals surface area contributed by atoms with E-state index in [1.165, 1.54) is 0 Å². The number of carbonyl (C=O) groups excluding carboxylic acids is 2. The van der Waals surface area contributed by atoms with Crippen molar-refractivity contribution in [3.05, 3.63) is 124 Å². The molecule has 0 fully saturated rings. The molecule has 0 aliphatic heterocycles. The third-order valence-corrected chi connectivity index (χ3v) is 6.99. The van der Waals surface area contributed by atoms with E-state index in [9.17, 15) is 9.59 Å². The van der Waals surface area contributed by atoms with Gasteiger partial charge >= 0.3 is 0 Å². The first-order valence-corrected chi connectivity index (χ1v) is 12.4. The number of hydrogen-bond donors (Lipinski definition) is 3. The Bertz CT molecular complexity index is 1590. The maximum atomic E-state index is 13.7. The highest BCUT2D eigenvalue weighted by Gasteiger charge is 2.29. The number of halogens is 1. The van der Waals surface area contributed by atoms with Crippen molar-refractivity contribution in [2.75, 3.05) is 5.73 Å². The summed E-state index contributed by atoms with van der Waals surface area (Å²) in [4.78, 5) is 30.2. The maximum absolute atomic E-state index is 13.7. The van der Waals surface area contributed by atoms with Gasteiger partial charge in [0.25, 0.3) is 5.91 Å². The van der Waals surface area contributed by atoms with Crippen LogP contribution in [-0.4, -0.2) is 16.7 Å². The molecule has 4 N–H and O–H groups in total. The van der Waals surface area contributed by atoms with Crippen LogP contribution >= 0.6 is 15.9 Å². The highest BCUT2D eigenvalue weighted by Crippen LogP contribution is 2.38. The lowest BCUT2D eigenvalue weighted by Gasteiger charge is -2.18.